The Labute approximate surface area is 166 Å². The van der Waals surface area contributed by atoms with Crippen molar-refractivity contribution in [2.24, 2.45) is 4.99 Å². The van der Waals surface area contributed by atoms with Gasteiger partial charge in [-0.3, -0.25) is 9.56 Å². The van der Waals surface area contributed by atoms with Gasteiger partial charge in [0.1, 0.15) is 5.82 Å². The number of nitrogens with one attached hydrogen (secondary N) is 2. The topological polar surface area (TPSA) is 76.2 Å². The van der Waals surface area contributed by atoms with E-state index in [1.807, 2.05) is 4.57 Å². The van der Waals surface area contributed by atoms with Crippen LogP contribution in [0.3, 0.4) is 0 Å². The van der Waals surface area contributed by atoms with E-state index in [-0.39, 0.29) is 5.69 Å². The number of hydrogen-bond acceptors (Lipinski definition) is 3. The van der Waals surface area contributed by atoms with Crippen LogP contribution >= 0.6 is 0 Å². The summed E-state index contributed by atoms with van der Waals surface area (Å²) < 4.78 is 3.43. The molecule has 0 saturated heterocycles. The fraction of sp³-hybridized carbons (Fsp3) is 0.571. The van der Waals surface area contributed by atoms with Crippen molar-refractivity contribution in [2.75, 3.05) is 20.1 Å². The molecule has 3 rings (SSSR count). The minimum Gasteiger partial charge on any atom is -0.356 e. The zero-order valence-corrected chi connectivity index (χ0v) is 17.2. The number of aliphatic imine (C=N–C) groups is 1. The van der Waals surface area contributed by atoms with Crippen LogP contribution in [0.1, 0.15) is 49.1 Å². The molecule has 28 heavy (non-hydrogen) atoms. The van der Waals surface area contributed by atoms with Crippen LogP contribution in [0.4, 0.5) is 0 Å². The standard InChI is InChI=1S/C21H32N6O/c1-16-8-6-9-18(14-16)17(2)15-24-20(22-3)23-11-7-13-27-21(28)26-12-5-4-10-19(26)25-27/h6,8-9,14,17H,4-5,7,10-13,15H2,1-3H3,(H2,22,23,24). The van der Waals surface area contributed by atoms with Crippen molar-refractivity contribution in [1.82, 2.24) is 25.0 Å². The largest absolute Gasteiger partial charge is 0.356 e. The summed E-state index contributed by atoms with van der Waals surface area (Å²) in [6.07, 6.45) is 3.94. The molecule has 0 aliphatic carbocycles. The first kappa shape index (κ1) is 20.2. The number of fused-ring (bicyclic) bond motifs is 1. The Morgan fingerprint density at radius 3 is 2.93 bits per heavy atom. The normalized spacial score (nSPS) is 15.2. The van der Waals surface area contributed by atoms with E-state index in [0.29, 0.717) is 12.5 Å². The average Bonchev–Trinajstić information content (AvgIpc) is 3.03. The monoisotopic (exact) mass is 384 g/mol. The number of aryl methyl sites for hydroxylation is 3. The Morgan fingerprint density at radius 2 is 2.18 bits per heavy atom. The van der Waals surface area contributed by atoms with Crippen molar-refractivity contribution >= 4 is 5.96 Å². The van der Waals surface area contributed by atoms with E-state index < -0.39 is 0 Å². The van der Waals surface area contributed by atoms with Gasteiger partial charge in [-0.25, -0.2) is 9.48 Å². The molecule has 0 radical (unpaired) electrons. The van der Waals surface area contributed by atoms with E-state index in [2.05, 4.69) is 58.8 Å². The molecule has 0 amide bonds. The molecule has 0 spiro atoms. The van der Waals surface area contributed by atoms with E-state index in [1.165, 1.54) is 11.1 Å². The van der Waals surface area contributed by atoms with Crippen molar-refractivity contribution in [2.45, 2.75) is 58.5 Å². The molecular formula is C21H32N6O. The molecule has 1 aliphatic heterocycles. The maximum atomic E-state index is 12.3. The molecule has 1 aromatic heterocycles. The van der Waals surface area contributed by atoms with Crippen LogP contribution in [0, 0.1) is 6.92 Å². The van der Waals surface area contributed by atoms with Crippen LogP contribution in [0.2, 0.25) is 0 Å². The number of hydrogen-bond donors (Lipinski definition) is 2. The van der Waals surface area contributed by atoms with Gasteiger partial charge >= 0.3 is 5.69 Å². The van der Waals surface area contributed by atoms with Crippen molar-refractivity contribution in [1.29, 1.82) is 0 Å². The smallest absolute Gasteiger partial charge is 0.345 e. The molecule has 1 aliphatic rings. The molecule has 7 heteroatoms. The molecule has 0 fully saturated rings. The summed E-state index contributed by atoms with van der Waals surface area (Å²) in [4.78, 5) is 16.6. The van der Waals surface area contributed by atoms with Crippen LogP contribution in [0.25, 0.3) is 0 Å². The summed E-state index contributed by atoms with van der Waals surface area (Å²) >= 11 is 0. The highest BCUT2D eigenvalue weighted by Crippen LogP contribution is 2.15. The summed E-state index contributed by atoms with van der Waals surface area (Å²) in [5, 5.41) is 11.2. The molecule has 0 bridgehead atoms. The second kappa shape index (κ2) is 9.57. The van der Waals surface area contributed by atoms with Gasteiger partial charge in [0, 0.05) is 39.6 Å². The lowest BCUT2D eigenvalue weighted by Crippen LogP contribution is -2.39. The van der Waals surface area contributed by atoms with E-state index >= 15 is 0 Å². The third kappa shape index (κ3) is 5.03. The first-order valence-electron chi connectivity index (χ1n) is 10.3. The summed E-state index contributed by atoms with van der Waals surface area (Å²) in [5.74, 6) is 2.12. The molecule has 2 aromatic rings. The predicted octanol–water partition coefficient (Wildman–Crippen LogP) is 2.05. The van der Waals surface area contributed by atoms with Gasteiger partial charge in [-0.15, -0.1) is 0 Å². The summed E-state index contributed by atoms with van der Waals surface area (Å²) in [5.41, 5.74) is 2.64. The van der Waals surface area contributed by atoms with Gasteiger partial charge in [0.05, 0.1) is 0 Å². The van der Waals surface area contributed by atoms with E-state index in [1.54, 1.807) is 11.7 Å². The van der Waals surface area contributed by atoms with Crippen molar-refractivity contribution in [3.05, 3.63) is 51.7 Å². The van der Waals surface area contributed by atoms with Crippen LogP contribution in [0.15, 0.2) is 34.1 Å². The molecule has 2 heterocycles. The third-order valence-electron chi connectivity index (χ3n) is 5.28. The number of nitrogens with zero attached hydrogens (tertiary/aromatic N) is 4. The summed E-state index contributed by atoms with van der Waals surface area (Å²) in [7, 11) is 1.78. The Morgan fingerprint density at radius 1 is 1.32 bits per heavy atom. The zero-order chi connectivity index (χ0) is 19.9. The van der Waals surface area contributed by atoms with Gasteiger partial charge in [-0.1, -0.05) is 36.8 Å². The molecule has 1 atom stereocenters. The highest BCUT2D eigenvalue weighted by molar-refractivity contribution is 5.79. The Hall–Kier alpha value is -2.57. The first-order valence-corrected chi connectivity index (χ1v) is 10.3. The third-order valence-corrected chi connectivity index (χ3v) is 5.28. The maximum Gasteiger partial charge on any atom is 0.345 e. The van der Waals surface area contributed by atoms with Gasteiger partial charge in [-0.05, 0) is 37.7 Å². The van der Waals surface area contributed by atoms with E-state index in [9.17, 15) is 4.79 Å². The molecule has 7 nitrogen and oxygen atoms in total. The summed E-state index contributed by atoms with van der Waals surface area (Å²) in [6, 6.07) is 8.61. The minimum absolute atomic E-state index is 0.0317. The number of guanidine groups is 1. The van der Waals surface area contributed by atoms with Gasteiger partial charge in [0.25, 0.3) is 0 Å². The Bertz CT molecular complexity index is 866. The minimum atomic E-state index is 0.0317. The van der Waals surface area contributed by atoms with E-state index in [4.69, 9.17) is 0 Å². The van der Waals surface area contributed by atoms with Gasteiger partial charge in [0.2, 0.25) is 0 Å². The molecule has 0 saturated carbocycles. The Kier molecular flexibility index (Phi) is 6.90. The van der Waals surface area contributed by atoms with Crippen molar-refractivity contribution in [3.8, 4) is 0 Å². The second-order valence-corrected chi connectivity index (χ2v) is 7.58. The fourth-order valence-electron chi connectivity index (χ4n) is 3.59. The fourth-order valence-corrected chi connectivity index (χ4v) is 3.59. The predicted molar refractivity (Wildman–Crippen MR) is 113 cm³/mol. The van der Waals surface area contributed by atoms with Crippen molar-refractivity contribution in [3.63, 3.8) is 0 Å². The van der Waals surface area contributed by atoms with Crippen molar-refractivity contribution < 1.29 is 0 Å². The van der Waals surface area contributed by atoms with Crippen LogP contribution < -0.4 is 16.3 Å². The van der Waals surface area contributed by atoms with Crippen LogP contribution in [0.5, 0.6) is 0 Å². The quantitative estimate of drug-likeness (QED) is 0.435. The molecular weight excluding hydrogens is 352 g/mol. The van der Waals surface area contributed by atoms with E-state index in [0.717, 1.165) is 57.1 Å². The molecule has 152 valence electrons. The van der Waals surface area contributed by atoms with Crippen LogP contribution in [-0.2, 0) is 19.5 Å². The zero-order valence-electron chi connectivity index (χ0n) is 17.2. The number of rotatable bonds is 7. The highest BCUT2D eigenvalue weighted by atomic mass is 16.2. The molecule has 2 N–H and O–H groups in total. The lowest BCUT2D eigenvalue weighted by Gasteiger charge is -2.16. The highest BCUT2D eigenvalue weighted by Gasteiger charge is 2.16. The van der Waals surface area contributed by atoms with Gasteiger partial charge < -0.3 is 10.6 Å². The Balaban J connectivity index is 1.42. The number of aromatic nitrogens is 3. The summed E-state index contributed by atoms with van der Waals surface area (Å²) in [6.45, 7) is 7.32. The molecule has 1 unspecified atom stereocenters. The van der Waals surface area contributed by atoms with Crippen LogP contribution in [-0.4, -0.2) is 40.4 Å². The molecule has 1 aromatic carbocycles. The average molecular weight is 385 g/mol. The lowest BCUT2D eigenvalue weighted by atomic mass is 9.99. The maximum absolute atomic E-state index is 12.3. The number of benzene rings is 1. The first-order chi connectivity index (χ1) is 13.6. The van der Waals surface area contributed by atoms with Gasteiger partial charge in [-0.2, -0.15) is 5.10 Å². The lowest BCUT2D eigenvalue weighted by molar-refractivity contribution is 0.509. The van der Waals surface area contributed by atoms with Gasteiger partial charge in [0.15, 0.2) is 5.96 Å². The second-order valence-electron chi connectivity index (χ2n) is 7.58. The SMILES string of the molecule is CN=C(NCCCn1nc2n(c1=O)CCCC2)NCC(C)c1cccc(C)c1.